The number of aromatic nitrogens is 4. The maximum absolute atomic E-state index is 12.8. The van der Waals surface area contributed by atoms with E-state index in [9.17, 15) is 9.59 Å². The van der Waals surface area contributed by atoms with Gasteiger partial charge in [0.2, 0.25) is 11.7 Å². The normalized spacial score (nSPS) is 16.1. The molecule has 4 rings (SSSR count). The van der Waals surface area contributed by atoms with Crippen LogP contribution < -0.4 is 5.32 Å². The number of carbonyl (C=O) groups is 2. The lowest BCUT2D eigenvalue weighted by Crippen LogP contribution is -2.47. The average Bonchev–Trinajstić information content (AvgIpc) is 3.34. The first kappa shape index (κ1) is 21.1. The molecule has 1 atom stereocenters. The number of halogens is 1. The number of piperidine rings is 1. The van der Waals surface area contributed by atoms with Gasteiger partial charge in [-0.2, -0.15) is 5.21 Å². The van der Waals surface area contributed by atoms with Crippen molar-refractivity contribution in [1.29, 1.82) is 0 Å². The summed E-state index contributed by atoms with van der Waals surface area (Å²) in [6.07, 6.45) is 1.46. The number of nitrogens with zero attached hydrogens (tertiary/aromatic N) is 4. The molecule has 3 aromatic rings. The molecule has 2 N–H and O–H groups in total. The van der Waals surface area contributed by atoms with Gasteiger partial charge in [-0.15, -0.1) is 10.2 Å². The van der Waals surface area contributed by atoms with Gasteiger partial charge in [-0.05, 0) is 74.5 Å². The second-order valence-electron chi connectivity index (χ2n) is 7.66. The number of hydrogen-bond acceptors (Lipinski definition) is 6. The van der Waals surface area contributed by atoms with E-state index in [4.69, 9.17) is 11.6 Å². The number of carbonyl (C=O) groups excluding carboxylic acids is 2. The van der Waals surface area contributed by atoms with Crippen molar-refractivity contribution in [2.24, 2.45) is 5.92 Å². The molecule has 1 aliphatic rings. The summed E-state index contributed by atoms with van der Waals surface area (Å²) in [5.74, 6) is 0.496. The number of rotatable bonds is 6. The van der Waals surface area contributed by atoms with Gasteiger partial charge in [-0.25, -0.2) is 0 Å². The second-order valence-corrected chi connectivity index (χ2v) is 8.10. The lowest BCUT2D eigenvalue weighted by Gasteiger charge is -2.34. The Balaban J connectivity index is 1.33. The van der Waals surface area contributed by atoms with Crippen LogP contribution in [-0.4, -0.2) is 56.3 Å². The van der Waals surface area contributed by atoms with Gasteiger partial charge in [0.25, 0.3) is 0 Å². The van der Waals surface area contributed by atoms with Crippen LogP contribution in [0, 0.1) is 5.92 Å². The zero-order chi connectivity index (χ0) is 21.8. The Morgan fingerprint density at radius 2 is 1.90 bits per heavy atom. The fourth-order valence-corrected chi connectivity index (χ4v) is 3.96. The van der Waals surface area contributed by atoms with E-state index in [1.165, 1.54) is 0 Å². The molecule has 1 saturated heterocycles. The molecule has 0 saturated carbocycles. The van der Waals surface area contributed by atoms with Gasteiger partial charge in [0, 0.05) is 27.8 Å². The van der Waals surface area contributed by atoms with Crippen LogP contribution in [0.5, 0.6) is 0 Å². The van der Waals surface area contributed by atoms with Crippen LogP contribution in [-0.2, 0) is 4.79 Å². The molecule has 1 fully saturated rings. The summed E-state index contributed by atoms with van der Waals surface area (Å²) >= 11 is 5.91. The molecule has 0 spiro atoms. The minimum Gasteiger partial charge on any atom is -0.325 e. The summed E-state index contributed by atoms with van der Waals surface area (Å²) in [6.45, 7) is 3.28. The molecule has 1 amide bonds. The molecular weight excluding hydrogens is 416 g/mol. The minimum absolute atomic E-state index is 0.0284. The molecule has 1 aliphatic heterocycles. The largest absolute Gasteiger partial charge is 0.325 e. The first-order valence-electron chi connectivity index (χ1n) is 10.2. The number of H-pyrrole nitrogens is 1. The lowest BCUT2D eigenvalue weighted by atomic mass is 9.88. The first-order chi connectivity index (χ1) is 15.0. The SMILES string of the molecule is CC(C(=O)Nc1cccc(-c2nn[nH]n2)c1)N1CCC(C(=O)c2ccc(Cl)cc2)CC1. The highest BCUT2D eigenvalue weighted by atomic mass is 35.5. The molecule has 31 heavy (non-hydrogen) atoms. The topological polar surface area (TPSA) is 104 Å². The Labute approximate surface area is 185 Å². The van der Waals surface area contributed by atoms with Crippen molar-refractivity contribution >= 4 is 29.0 Å². The van der Waals surface area contributed by atoms with Crippen molar-refractivity contribution in [2.45, 2.75) is 25.8 Å². The van der Waals surface area contributed by atoms with Crippen molar-refractivity contribution in [1.82, 2.24) is 25.5 Å². The molecular formula is C22H23ClN6O2. The van der Waals surface area contributed by atoms with E-state index in [0.717, 1.165) is 18.4 Å². The number of hydrogen-bond donors (Lipinski definition) is 2. The van der Waals surface area contributed by atoms with Gasteiger partial charge in [0.15, 0.2) is 5.78 Å². The van der Waals surface area contributed by atoms with Crippen molar-refractivity contribution in [3.05, 3.63) is 59.1 Å². The average molecular weight is 439 g/mol. The van der Waals surface area contributed by atoms with Gasteiger partial charge in [0.05, 0.1) is 6.04 Å². The summed E-state index contributed by atoms with van der Waals surface area (Å²) in [6, 6.07) is 14.0. The number of Topliss-reactive ketones (excluding diaryl/α,β-unsaturated/α-hetero) is 1. The van der Waals surface area contributed by atoms with Crippen LogP contribution in [0.1, 0.15) is 30.1 Å². The smallest absolute Gasteiger partial charge is 0.241 e. The maximum Gasteiger partial charge on any atom is 0.241 e. The Bertz CT molecular complexity index is 1050. The number of amides is 1. The Morgan fingerprint density at radius 3 is 2.58 bits per heavy atom. The molecule has 0 radical (unpaired) electrons. The monoisotopic (exact) mass is 438 g/mol. The van der Waals surface area contributed by atoms with Gasteiger partial charge in [0.1, 0.15) is 0 Å². The third-order valence-electron chi connectivity index (χ3n) is 5.69. The first-order valence-corrected chi connectivity index (χ1v) is 10.6. The lowest BCUT2D eigenvalue weighted by molar-refractivity contribution is -0.121. The van der Waals surface area contributed by atoms with Crippen molar-refractivity contribution in [2.75, 3.05) is 18.4 Å². The molecule has 2 heterocycles. The Hall–Kier alpha value is -3.10. The predicted octanol–water partition coefficient (Wildman–Crippen LogP) is 3.44. The third kappa shape index (κ3) is 4.98. The van der Waals surface area contributed by atoms with Gasteiger partial charge >= 0.3 is 0 Å². The summed E-state index contributed by atoms with van der Waals surface area (Å²) in [5, 5.41) is 17.5. The van der Waals surface area contributed by atoms with Gasteiger partial charge in [-0.3, -0.25) is 14.5 Å². The van der Waals surface area contributed by atoms with E-state index >= 15 is 0 Å². The Morgan fingerprint density at radius 1 is 1.16 bits per heavy atom. The summed E-state index contributed by atoms with van der Waals surface area (Å²) in [5.41, 5.74) is 2.13. The third-order valence-corrected chi connectivity index (χ3v) is 5.94. The van der Waals surface area contributed by atoms with E-state index in [0.29, 0.717) is 35.2 Å². The number of ketones is 1. The molecule has 160 valence electrons. The van der Waals surface area contributed by atoms with E-state index in [1.54, 1.807) is 24.3 Å². The predicted molar refractivity (Wildman–Crippen MR) is 118 cm³/mol. The zero-order valence-corrected chi connectivity index (χ0v) is 17.8. The molecule has 0 aliphatic carbocycles. The van der Waals surface area contributed by atoms with Crippen LogP contribution in [0.15, 0.2) is 48.5 Å². The maximum atomic E-state index is 12.8. The number of benzene rings is 2. The Kier molecular flexibility index (Phi) is 6.39. The molecule has 0 bridgehead atoms. The fourth-order valence-electron chi connectivity index (χ4n) is 3.83. The molecule has 1 aromatic heterocycles. The van der Waals surface area contributed by atoms with E-state index in [-0.39, 0.29) is 23.7 Å². The van der Waals surface area contributed by atoms with E-state index < -0.39 is 0 Å². The highest BCUT2D eigenvalue weighted by Crippen LogP contribution is 2.25. The van der Waals surface area contributed by atoms with Crippen molar-refractivity contribution < 1.29 is 9.59 Å². The summed E-state index contributed by atoms with van der Waals surface area (Å²) in [7, 11) is 0. The summed E-state index contributed by atoms with van der Waals surface area (Å²) < 4.78 is 0. The molecule has 1 unspecified atom stereocenters. The number of nitrogens with one attached hydrogen (secondary N) is 2. The quantitative estimate of drug-likeness (QED) is 0.571. The number of aromatic amines is 1. The minimum atomic E-state index is -0.305. The van der Waals surface area contributed by atoms with Crippen LogP contribution in [0.2, 0.25) is 5.02 Å². The van der Waals surface area contributed by atoms with E-state index in [1.807, 2.05) is 31.2 Å². The van der Waals surface area contributed by atoms with Gasteiger partial charge in [-0.1, -0.05) is 23.7 Å². The summed E-state index contributed by atoms with van der Waals surface area (Å²) in [4.78, 5) is 27.6. The molecule has 9 heteroatoms. The highest BCUT2D eigenvalue weighted by Gasteiger charge is 2.30. The van der Waals surface area contributed by atoms with Crippen molar-refractivity contribution in [3.8, 4) is 11.4 Å². The molecule has 2 aromatic carbocycles. The van der Waals surface area contributed by atoms with Crippen molar-refractivity contribution in [3.63, 3.8) is 0 Å². The van der Waals surface area contributed by atoms with Gasteiger partial charge < -0.3 is 5.32 Å². The highest BCUT2D eigenvalue weighted by molar-refractivity contribution is 6.30. The van der Waals surface area contributed by atoms with Crippen LogP contribution in [0.3, 0.4) is 0 Å². The number of anilines is 1. The fraction of sp³-hybridized carbons (Fsp3) is 0.318. The standard InChI is InChI=1S/C22H23ClN6O2/c1-14(22(31)24-19-4-2-3-17(13-19)21-25-27-28-26-21)29-11-9-16(10-12-29)20(30)15-5-7-18(23)8-6-15/h2-8,13-14,16H,9-12H2,1H3,(H,24,31)(H,25,26,27,28). The number of likely N-dealkylation sites (tertiary alicyclic amines) is 1. The van der Waals surface area contributed by atoms with Crippen LogP contribution >= 0.6 is 11.6 Å². The van der Waals surface area contributed by atoms with Crippen LogP contribution in [0.4, 0.5) is 5.69 Å². The second kappa shape index (κ2) is 9.36. The van der Waals surface area contributed by atoms with Crippen LogP contribution in [0.25, 0.3) is 11.4 Å². The number of tetrazole rings is 1. The molecule has 8 nitrogen and oxygen atoms in total. The van der Waals surface area contributed by atoms with E-state index in [2.05, 4.69) is 30.8 Å². The zero-order valence-electron chi connectivity index (χ0n) is 17.1.